The quantitative estimate of drug-likeness (QED) is 0.706. The fourth-order valence-corrected chi connectivity index (χ4v) is 4.42. The molecule has 0 spiro atoms. The molecular formula is C25H38N4O. The molecule has 1 atom stereocenters. The minimum Gasteiger partial charge on any atom is -0.354 e. The highest BCUT2D eigenvalue weighted by molar-refractivity contribution is 5.79. The fraction of sp³-hybridized carbons (Fsp3) is 0.600. The molecule has 2 heterocycles. The van der Waals surface area contributed by atoms with Crippen molar-refractivity contribution in [3.05, 3.63) is 52.8 Å². The number of nitrogens with one attached hydrogen (secondary N) is 1. The summed E-state index contributed by atoms with van der Waals surface area (Å²) in [5.41, 5.74) is 4.43. The van der Waals surface area contributed by atoms with Crippen molar-refractivity contribution in [1.82, 2.24) is 20.0 Å². The normalized spacial score (nSPS) is 16.7. The van der Waals surface area contributed by atoms with Crippen LogP contribution in [0.4, 0.5) is 0 Å². The van der Waals surface area contributed by atoms with E-state index in [9.17, 15) is 4.79 Å². The summed E-state index contributed by atoms with van der Waals surface area (Å²) in [4.78, 5) is 15.4. The Balaban J connectivity index is 1.65. The van der Waals surface area contributed by atoms with E-state index in [0.717, 1.165) is 42.5 Å². The lowest BCUT2D eigenvalue weighted by Crippen LogP contribution is -2.42. The van der Waals surface area contributed by atoms with E-state index in [1.165, 1.54) is 18.4 Å². The highest BCUT2D eigenvalue weighted by atomic mass is 16.1. The molecule has 164 valence electrons. The van der Waals surface area contributed by atoms with Crippen molar-refractivity contribution in [2.45, 2.75) is 66.5 Å². The number of benzene rings is 1. The van der Waals surface area contributed by atoms with Crippen LogP contribution in [0, 0.1) is 25.7 Å². The molecule has 1 aliphatic rings. The van der Waals surface area contributed by atoms with Gasteiger partial charge in [0.25, 0.3) is 0 Å². The van der Waals surface area contributed by atoms with Crippen LogP contribution in [-0.4, -0.2) is 40.2 Å². The molecule has 1 N–H and O–H groups in total. The van der Waals surface area contributed by atoms with Gasteiger partial charge in [0.15, 0.2) is 0 Å². The Morgan fingerprint density at radius 1 is 1.17 bits per heavy atom. The number of aromatic nitrogens is 2. The van der Waals surface area contributed by atoms with Gasteiger partial charge in [-0.05, 0) is 57.2 Å². The summed E-state index contributed by atoms with van der Waals surface area (Å²) in [5, 5.41) is 7.88. The molecule has 0 bridgehead atoms. The van der Waals surface area contributed by atoms with Crippen molar-refractivity contribution < 1.29 is 4.79 Å². The van der Waals surface area contributed by atoms with E-state index in [4.69, 9.17) is 0 Å². The average molecular weight is 411 g/mol. The Bertz CT molecular complexity index is 819. The first-order valence-corrected chi connectivity index (χ1v) is 11.4. The topological polar surface area (TPSA) is 50.2 Å². The van der Waals surface area contributed by atoms with E-state index in [1.54, 1.807) is 0 Å². The van der Waals surface area contributed by atoms with Crippen molar-refractivity contribution >= 4 is 5.91 Å². The molecule has 0 radical (unpaired) electrons. The maximum Gasteiger partial charge on any atom is 0.224 e. The summed E-state index contributed by atoms with van der Waals surface area (Å²) < 4.78 is 2.05. The van der Waals surface area contributed by atoms with Crippen LogP contribution in [0.3, 0.4) is 0 Å². The zero-order valence-electron chi connectivity index (χ0n) is 19.3. The molecule has 1 saturated heterocycles. The zero-order valence-corrected chi connectivity index (χ0v) is 19.3. The van der Waals surface area contributed by atoms with Crippen LogP contribution in [0.1, 0.15) is 62.2 Å². The van der Waals surface area contributed by atoms with Crippen molar-refractivity contribution in [1.29, 1.82) is 0 Å². The van der Waals surface area contributed by atoms with Crippen LogP contribution >= 0.6 is 0 Å². The molecule has 5 heteroatoms. The van der Waals surface area contributed by atoms with Crippen LogP contribution in [0.5, 0.6) is 0 Å². The van der Waals surface area contributed by atoms with Gasteiger partial charge in [-0.3, -0.25) is 14.4 Å². The molecule has 3 rings (SSSR count). The molecule has 1 aromatic heterocycles. The van der Waals surface area contributed by atoms with Crippen LogP contribution < -0.4 is 5.32 Å². The second kappa shape index (κ2) is 10.3. The number of hydrogen-bond acceptors (Lipinski definition) is 3. The van der Waals surface area contributed by atoms with Gasteiger partial charge in [0.2, 0.25) is 5.91 Å². The Kier molecular flexibility index (Phi) is 7.70. The van der Waals surface area contributed by atoms with Crippen LogP contribution in [0.25, 0.3) is 0 Å². The molecule has 1 unspecified atom stereocenters. The molecular weight excluding hydrogens is 372 g/mol. The lowest BCUT2D eigenvalue weighted by molar-refractivity contribution is -0.120. The number of likely N-dealkylation sites (tertiary alicyclic amines) is 1. The predicted octanol–water partition coefficient (Wildman–Crippen LogP) is 4.29. The van der Waals surface area contributed by atoms with Crippen molar-refractivity contribution in [2.75, 3.05) is 19.6 Å². The number of rotatable bonds is 8. The largest absolute Gasteiger partial charge is 0.354 e. The third-order valence-electron chi connectivity index (χ3n) is 6.34. The van der Waals surface area contributed by atoms with Gasteiger partial charge in [0, 0.05) is 24.3 Å². The second-order valence-corrected chi connectivity index (χ2v) is 9.35. The van der Waals surface area contributed by atoms with E-state index in [2.05, 4.69) is 73.3 Å². The summed E-state index contributed by atoms with van der Waals surface area (Å²) in [5.74, 6) is 1.40. The Morgan fingerprint density at radius 2 is 1.83 bits per heavy atom. The van der Waals surface area contributed by atoms with Crippen LogP contribution in [-0.2, 0) is 17.8 Å². The maximum atomic E-state index is 12.9. The van der Waals surface area contributed by atoms with E-state index in [0.29, 0.717) is 18.9 Å². The van der Waals surface area contributed by atoms with Gasteiger partial charge in [0.1, 0.15) is 0 Å². The van der Waals surface area contributed by atoms with Crippen molar-refractivity contribution in [3.8, 4) is 0 Å². The predicted molar refractivity (Wildman–Crippen MR) is 122 cm³/mol. The molecule has 0 saturated carbocycles. The number of piperidine rings is 1. The van der Waals surface area contributed by atoms with E-state index >= 15 is 0 Å². The molecule has 1 fully saturated rings. The maximum absolute atomic E-state index is 12.9. The average Bonchev–Trinajstić information content (AvgIpc) is 2.97. The second-order valence-electron chi connectivity index (χ2n) is 9.35. The monoisotopic (exact) mass is 410 g/mol. The fourth-order valence-electron chi connectivity index (χ4n) is 4.42. The van der Waals surface area contributed by atoms with Gasteiger partial charge in [-0.15, -0.1) is 0 Å². The Morgan fingerprint density at radius 3 is 2.47 bits per heavy atom. The highest BCUT2D eigenvalue weighted by Crippen LogP contribution is 2.26. The van der Waals surface area contributed by atoms with Gasteiger partial charge < -0.3 is 5.32 Å². The Hall–Kier alpha value is -2.14. The molecule has 2 aromatic rings. The number of aryl methyl sites for hydroxylation is 1. The summed E-state index contributed by atoms with van der Waals surface area (Å²) in [6.45, 7) is 14.5. The minimum absolute atomic E-state index is 0.0802. The van der Waals surface area contributed by atoms with E-state index in [-0.39, 0.29) is 11.9 Å². The molecule has 30 heavy (non-hydrogen) atoms. The van der Waals surface area contributed by atoms with Gasteiger partial charge >= 0.3 is 0 Å². The van der Waals surface area contributed by atoms with E-state index < -0.39 is 0 Å². The number of hydrogen-bond donors (Lipinski definition) is 1. The van der Waals surface area contributed by atoms with Gasteiger partial charge in [-0.2, -0.15) is 5.10 Å². The van der Waals surface area contributed by atoms with Gasteiger partial charge in [-0.1, -0.05) is 51.1 Å². The first-order valence-electron chi connectivity index (χ1n) is 11.4. The Labute approximate surface area is 181 Å². The molecule has 1 aliphatic heterocycles. The SMILES string of the molecule is Cc1nn(CC(C)C)c(C)c1CC(=O)NCC(c1ccccc1)N1CCC(C)CC1. The lowest BCUT2D eigenvalue weighted by atomic mass is 9.95. The lowest BCUT2D eigenvalue weighted by Gasteiger charge is -2.37. The number of carbonyl (C=O) groups is 1. The summed E-state index contributed by atoms with van der Waals surface area (Å²) >= 11 is 0. The molecule has 0 aliphatic carbocycles. The first kappa shape index (κ1) is 22.5. The van der Waals surface area contributed by atoms with Crippen molar-refractivity contribution in [2.24, 2.45) is 11.8 Å². The highest BCUT2D eigenvalue weighted by Gasteiger charge is 2.25. The third-order valence-corrected chi connectivity index (χ3v) is 6.34. The van der Waals surface area contributed by atoms with Gasteiger partial charge in [0.05, 0.1) is 18.2 Å². The number of nitrogens with zero attached hydrogens (tertiary/aromatic N) is 3. The summed E-state index contributed by atoms with van der Waals surface area (Å²) in [6.07, 6.45) is 2.85. The smallest absolute Gasteiger partial charge is 0.224 e. The van der Waals surface area contributed by atoms with E-state index in [1.807, 2.05) is 11.6 Å². The summed E-state index contributed by atoms with van der Waals surface area (Å²) in [6, 6.07) is 10.8. The first-order chi connectivity index (χ1) is 14.3. The summed E-state index contributed by atoms with van der Waals surface area (Å²) in [7, 11) is 0. The number of amides is 1. The molecule has 1 aromatic carbocycles. The van der Waals surface area contributed by atoms with Crippen molar-refractivity contribution in [3.63, 3.8) is 0 Å². The number of carbonyl (C=O) groups excluding carboxylic acids is 1. The molecule has 5 nitrogen and oxygen atoms in total. The zero-order chi connectivity index (χ0) is 21.7. The standard InChI is InChI=1S/C25H38N4O/c1-18(2)17-29-21(5)23(20(4)27-29)15-25(30)26-16-24(22-9-7-6-8-10-22)28-13-11-19(3)12-14-28/h6-10,18-19,24H,11-17H2,1-5H3,(H,26,30). The van der Waals surface area contributed by atoms with Gasteiger partial charge in [-0.25, -0.2) is 0 Å². The van der Waals surface area contributed by atoms with Crippen LogP contribution in [0.2, 0.25) is 0 Å². The molecule has 1 amide bonds. The van der Waals surface area contributed by atoms with Crippen LogP contribution in [0.15, 0.2) is 30.3 Å². The third kappa shape index (κ3) is 5.72. The minimum atomic E-state index is 0.0802.